The van der Waals surface area contributed by atoms with Gasteiger partial charge in [-0.15, -0.1) is 0 Å². The maximum atomic E-state index is 12.6. The molecular weight excluding hydrogens is 362 g/mol. The van der Waals surface area contributed by atoms with Crippen molar-refractivity contribution in [2.45, 2.75) is 49.7 Å². The Labute approximate surface area is 152 Å². The number of nitrogens with one attached hydrogen (secondary N) is 1. The maximum Gasteiger partial charge on any atom is 0.312 e. The highest BCUT2D eigenvalue weighted by Gasteiger charge is 2.51. The van der Waals surface area contributed by atoms with Gasteiger partial charge in [-0.2, -0.15) is 9.97 Å². The summed E-state index contributed by atoms with van der Waals surface area (Å²) in [5.41, 5.74) is 3.92. The summed E-state index contributed by atoms with van der Waals surface area (Å²) < 4.78 is 6.68. The summed E-state index contributed by atoms with van der Waals surface area (Å²) in [6.45, 7) is -0.827. The maximum absolute atomic E-state index is 12.6. The molecule has 0 bridgehead atoms. The highest BCUT2D eigenvalue weighted by atomic mass is 32.1. The highest BCUT2D eigenvalue weighted by Crippen LogP contribution is 2.34. The number of nitrogen functional groups attached to an aromatic ring is 1. The van der Waals surface area contributed by atoms with E-state index < -0.39 is 29.4 Å². The Morgan fingerprint density at radius 3 is 2.77 bits per heavy atom. The number of rotatable bonds is 4. The molecule has 11 heteroatoms. The zero-order chi connectivity index (χ0) is 18.5. The number of aliphatic hydroxyl groups excluding tert-OH is 2. The van der Waals surface area contributed by atoms with Crippen LogP contribution in [0.25, 0.3) is 10.3 Å². The predicted octanol–water partition coefficient (Wildman–Crippen LogP) is -0.813. The molecular formula is C15H21N5O5S. The van der Waals surface area contributed by atoms with Crippen molar-refractivity contribution in [2.75, 3.05) is 24.3 Å². The molecule has 2 aromatic rings. The molecule has 3 heterocycles. The molecule has 2 aromatic heterocycles. The van der Waals surface area contributed by atoms with E-state index in [9.17, 15) is 20.1 Å². The zero-order valence-electron chi connectivity index (χ0n) is 14.0. The first-order valence-corrected chi connectivity index (χ1v) is 9.34. The lowest BCUT2D eigenvalue weighted by Gasteiger charge is -2.27. The summed E-state index contributed by atoms with van der Waals surface area (Å²) in [7, 11) is 0. The van der Waals surface area contributed by atoms with E-state index in [0.29, 0.717) is 10.5 Å². The second-order valence-corrected chi connectivity index (χ2v) is 7.73. The molecule has 2 fully saturated rings. The van der Waals surface area contributed by atoms with Gasteiger partial charge in [-0.3, -0.25) is 4.79 Å². The second kappa shape index (κ2) is 6.43. The third-order valence-electron chi connectivity index (χ3n) is 5.05. The predicted molar refractivity (Wildman–Crippen MR) is 95.0 cm³/mol. The molecule has 4 rings (SSSR count). The van der Waals surface area contributed by atoms with Gasteiger partial charge in [0.1, 0.15) is 16.9 Å². The van der Waals surface area contributed by atoms with Gasteiger partial charge in [-0.25, -0.2) is 4.57 Å². The molecule has 10 nitrogen and oxygen atoms in total. The van der Waals surface area contributed by atoms with E-state index in [2.05, 4.69) is 15.3 Å². The number of hydrogen-bond acceptors (Lipinski definition) is 10. The Bertz CT molecular complexity index is 879. The number of aromatic nitrogens is 3. The van der Waals surface area contributed by atoms with E-state index >= 15 is 0 Å². The fourth-order valence-corrected chi connectivity index (χ4v) is 4.62. The molecule has 6 N–H and O–H groups in total. The van der Waals surface area contributed by atoms with Crippen molar-refractivity contribution in [3.05, 3.63) is 9.67 Å². The van der Waals surface area contributed by atoms with Gasteiger partial charge in [0.25, 0.3) is 0 Å². The number of thiazole rings is 1. The van der Waals surface area contributed by atoms with Gasteiger partial charge in [0.15, 0.2) is 17.2 Å². The average molecular weight is 383 g/mol. The number of aliphatic hydroxyl groups is 3. The van der Waals surface area contributed by atoms with Crippen LogP contribution >= 0.6 is 11.3 Å². The average Bonchev–Trinajstić information content (AvgIpc) is 3.28. The number of nitrogens with two attached hydrogens (primary N) is 1. The van der Waals surface area contributed by atoms with Crippen LogP contribution in [-0.2, 0) is 10.5 Å². The summed E-state index contributed by atoms with van der Waals surface area (Å²) in [5.74, 6) is 0.413. The van der Waals surface area contributed by atoms with E-state index in [-0.39, 0.29) is 24.2 Å². The molecule has 0 amide bonds. The molecule has 0 radical (unpaired) electrons. The van der Waals surface area contributed by atoms with Gasteiger partial charge < -0.3 is 31.1 Å². The van der Waals surface area contributed by atoms with E-state index in [1.165, 1.54) is 0 Å². The number of hydrogen-bond donors (Lipinski definition) is 5. The topological polar surface area (TPSA) is 156 Å². The van der Waals surface area contributed by atoms with E-state index in [0.717, 1.165) is 41.6 Å². The summed E-state index contributed by atoms with van der Waals surface area (Å²) in [6.07, 6.45) is 1.81. The molecule has 0 unspecified atom stereocenters. The van der Waals surface area contributed by atoms with Crippen LogP contribution < -0.4 is 15.9 Å². The van der Waals surface area contributed by atoms with Crippen LogP contribution in [0.1, 0.15) is 25.7 Å². The molecule has 0 spiro atoms. The molecule has 142 valence electrons. The second-order valence-electron chi connectivity index (χ2n) is 6.77. The van der Waals surface area contributed by atoms with Crippen LogP contribution in [0.3, 0.4) is 0 Å². The Morgan fingerprint density at radius 1 is 1.38 bits per heavy atom. The fraction of sp³-hybridized carbons (Fsp3) is 0.667. The van der Waals surface area contributed by atoms with Crippen LogP contribution in [0.5, 0.6) is 0 Å². The monoisotopic (exact) mass is 383 g/mol. The van der Waals surface area contributed by atoms with Crippen molar-refractivity contribution in [2.24, 2.45) is 0 Å². The normalized spacial score (nSPS) is 29.7. The first-order chi connectivity index (χ1) is 12.4. The summed E-state index contributed by atoms with van der Waals surface area (Å²) in [6, 6.07) is 0.250. The van der Waals surface area contributed by atoms with Crippen molar-refractivity contribution in [3.63, 3.8) is 0 Å². The lowest BCUT2D eigenvalue weighted by molar-refractivity contribution is -0.111. The smallest absolute Gasteiger partial charge is 0.312 e. The molecule has 3 atom stereocenters. The van der Waals surface area contributed by atoms with Crippen LogP contribution in [0.2, 0.25) is 0 Å². The minimum absolute atomic E-state index is 0.0414. The minimum Gasteiger partial charge on any atom is -0.394 e. The lowest BCUT2D eigenvalue weighted by Crippen LogP contribution is -2.50. The molecule has 1 saturated carbocycles. The van der Waals surface area contributed by atoms with Crippen LogP contribution in [-0.4, -0.2) is 61.3 Å². The third-order valence-corrected chi connectivity index (χ3v) is 5.98. The fourth-order valence-electron chi connectivity index (χ4n) is 3.68. The number of ether oxygens (including phenoxy) is 1. The molecule has 2 aliphatic rings. The minimum atomic E-state index is -2.03. The molecule has 1 aliphatic carbocycles. The van der Waals surface area contributed by atoms with Crippen molar-refractivity contribution in [1.29, 1.82) is 0 Å². The quantitative estimate of drug-likeness (QED) is 0.455. The van der Waals surface area contributed by atoms with Gasteiger partial charge in [0.05, 0.1) is 13.2 Å². The molecule has 1 saturated heterocycles. The van der Waals surface area contributed by atoms with Gasteiger partial charge in [0.2, 0.25) is 5.95 Å². The van der Waals surface area contributed by atoms with E-state index in [4.69, 9.17) is 10.5 Å². The Morgan fingerprint density at radius 2 is 2.12 bits per heavy atom. The van der Waals surface area contributed by atoms with E-state index in [1.54, 1.807) is 0 Å². The van der Waals surface area contributed by atoms with Gasteiger partial charge in [-0.05, 0) is 12.8 Å². The first-order valence-electron chi connectivity index (χ1n) is 8.53. The van der Waals surface area contributed by atoms with Crippen molar-refractivity contribution in [3.8, 4) is 0 Å². The van der Waals surface area contributed by atoms with Crippen LogP contribution in [0, 0.1) is 0 Å². The molecule has 1 aliphatic heterocycles. The Kier molecular flexibility index (Phi) is 4.35. The zero-order valence-corrected chi connectivity index (χ0v) is 14.8. The van der Waals surface area contributed by atoms with Crippen LogP contribution in [0.4, 0.5) is 11.8 Å². The van der Waals surface area contributed by atoms with Gasteiger partial charge in [-0.1, -0.05) is 24.2 Å². The summed E-state index contributed by atoms with van der Waals surface area (Å²) in [5, 5.41) is 33.9. The lowest BCUT2D eigenvalue weighted by atomic mass is 10.1. The summed E-state index contributed by atoms with van der Waals surface area (Å²) >= 11 is 0.869. The van der Waals surface area contributed by atoms with Crippen molar-refractivity contribution in [1.82, 2.24) is 14.5 Å². The number of anilines is 2. The number of nitrogens with zero attached hydrogens (tertiary/aromatic N) is 3. The Balaban J connectivity index is 1.83. The van der Waals surface area contributed by atoms with Gasteiger partial charge >= 0.3 is 4.87 Å². The van der Waals surface area contributed by atoms with Gasteiger partial charge in [0, 0.05) is 6.04 Å². The number of fused-ring (bicyclic) bond motifs is 1. The molecule has 26 heavy (non-hydrogen) atoms. The summed E-state index contributed by atoms with van der Waals surface area (Å²) in [4.78, 5) is 20.4. The van der Waals surface area contributed by atoms with Crippen molar-refractivity contribution < 1.29 is 20.1 Å². The Hall–Kier alpha value is -1.79. The van der Waals surface area contributed by atoms with Crippen molar-refractivity contribution >= 4 is 33.5 Å². The van der Waals surface area contributed by atoms with Crippen LogP contribution in [0.15, 0.2) is 4.79 Å². The highest BCUT2D eigenvalue weighted by molar-refractivity contribution is 7.17. The molecule has 0 aromatic carbocycles. The largest absolute Gasteiger partial charge is 0.394 e. The standard InChI is InChI=1S/C15H21N5O5S/c16-13-18-11(17-7-3-1-2-4-7)9-12(19-13)20(14(23)26-9)15(24)6-25-8(5-21)10(15)22/h7-8,10,21-22,24H,1-6H2,(H3,16,17,18,19)/t8-,10-,15-/m1/s1. The third kappa shape index (κ3) is 2.67. The first kappa shape index (κ1) is 17.6. The SMILES string of the molecule is Nc1nc(NC2CCCC2)c2sc(=O)n([C@@]3(O)CO[C@H](CO)[C@H]3O)c2n1. The van der Waals surface area contributed by atoms with E-state index in [1.807, 2.05) is 0 Å².